The van der Waals surface area contributed by atoms with Crippen LogP contribution in [0.1, 0.15) is 17.2 Å². The second-order valence-electron chi connectivity index (χ2n) is 5.18. The molecule has 1 atom stereocenters. The van der Waals surface area contributed by atoms with E-state index in [0.29, 0.717) is 6.04 Å². The molecule has 1 N–H and O–H groups in total. The zero-order chi connectivity index (χ0) is 11.7. The molecule has 1 unspecified atom stereocenters. The largest absolute Gasteiger partial charge is 0.311 e. The molecule has 0 aliphatic carbocycles. The van der Waals surface area contributed by atoms with E-state index in [9.17, 15) is 0 Å². The summed E-state index contributed by atoms with van der Waals surface area (Å²) in [6.07, 6.45) is 0. The highest BCUT2D eigenvalue weighted by atomic mass is 15.3. The van der Waals surface area contributed by atoms with Crippen molar-refractivity contribution in [1.82, 2.24) is 15.1 Å². The summed E-state index contributed by atoms with van der Waals surface area (Å²) in [5, 5.41) is 3.54. The zero-order valence-electron chi connectivity index (χ0n) is 10.5. The van der Waals surface area contributed by atoms with Crippen molar-refractivity contribution in [3.05, 3.63) is 35.4 Å². The van der Waals surface area contributed by atoms with Crippen LogP contribution in [0.4, 0.5) is 0 Å². The van der Waals surface area contributed by atoms with Gasteiger partial charge in [-0.1, -0.05) is 24.3 Å². The van der Waals surface area contributed by atoms with Gasteiger partial charge in [0.25, 0.3) is 0 Å². The van der Waals surface area contributed by atoms with Crippen LogP contribution in [0.5, 0.6) is 0 Å². The Morgan fingerprint density at radius 3 is 2.71 bits per heavy atom. The molecular formula is C14H21N3. The van der Waals surface area contributed by atoms with Crippen molar-refractivity contribution in [3.8, 4) is 0 Å². The molecule has 2 aliphatic heterocycles. The molecule has 17 heavy (non-hydrogen) atoms. The van der Waals surface area contributed by atoms with Crippen LogP contribution >= 0.6 is 0 Å². The molecule has 0 bridgehead atoms. The van der Waals surface area contributed by atoms with E-state index in [1.165, 1.54) is 37.3 Å². The average Bonchev–Trinajstić information content (AvgIpc) is 2.39. The molecule has 0 amide bonds. The van der Waals surface area contributed by atoms with Crippen LogP contribution in [-0.4, -0.2) is 49.6 Å². The summed E-state index contributed by atoms with van der Waals surface area (Å²) in [5.74, 6) is 0. The Kier molecular flexibility index (Phi) is 3.14. The molecule has 1 fully saturated rings. The molecule has 0 radical (unpaired) electrons. The van der Waals surface area contributed by atoms with E-state index in [2.05, 4.69) is 46.4 Å². The number of benzene rings is 1. The van der Waals surface area contributed by atoms with Gasteiger partial charge >= 0.3 is 0 Å². The summed E-state index contributed by atoms with van der Waals surface area (Å²) in [4.78, 5) is 5.05. The summed E-state index contributed by atoms with van der Waals surface area (Å²) in [6.45, 7) is 6.90. The maximum Gasteiger partial charge on any atom is 0.0477 e. The van der Waals surface area contributed by atoms with Crippen molar-refractivity contribution in [2.24, 2.45) is 0 Å². The Balaban J connectivity index is 1.80. The van der Waals surface area contributed by atoms with Gasteiger partial charge in [0.05, 0.1) is 0 Å². The van der Waals surface area contributed by atoms with Gasteiger partial charge in [-0.05, 0) is 18.2 Å². The van der Waals surface area contributed by atoms with Crippen LogP contribution in [0, 0.1) is 0 Å². The number of nitrogens with one attached hydrogen (secondary N) is 1. The molecule has 3 nitrogen and oxygen atoms in total. The summed E-state index contributed by atoms with van der Waals surface area (Å²) >= 11 is 0. The lowest BCUT2D eigenvalue weighted by atomic mass is 9.95. The van der Waals surface area contributed by atoms with Crippen molar-refractivity contribution >= 4 is 0 Å². The van der Waals surface area contributed by atoms with E-state index >= 15 is 0 Å². The summed E-state index contributed by atoms with van der Waals surface area (Å²) in [5.41, 5.74) is 3.01. The van der Waals surface area contributed by atoms with E-state index in [-0.39, 0.29) is 0 Å². The first kappa shape index (κ1) is 11.2. The molecule has 1 saturated heterocycles. The fourth-order valence-electron chi connectivity index (χ4n) is 2.93. The van der Waals surface area contributed by atoms with E-state index in [0.717, 1.165) is 13.1 Å². The number of hydrogen-bond donors (Lipinski definition) is 1. The highest BCUT2D eigenvalue weighted by molar-refractivity contribution is 5.32. The number of piperazine rings is 1. The first-order valence-corrected chi connectivity index (χ1v) is 6.56. The molecule has 3 rings (SSSR count). The quantitative estimate of drug-likeness (QED) is 0.780. The molecular weight excluding hydrogens is 210 g/mol. The summed E-state index contributed by atoms with van der Waals surface area (Å²) in [7, 11) is 2.21. The third-order valence-corrected chi connectivity index (χ3v) is 4.05. The third-order valence-electron chi connectivity index (χ3n) is 4.05. The fourth-order valence-corrected chi connectivity index (χ4v) is 2.93. The van der Waals surface area contributed by atoms with Crippen LogP contribution in [0.2, 0.25) is 0 Å². The van der Waals surface area contributed by atoms with Gasteiger partial charge < -0.3 is 10.2 Å². The van der Waals surface area contributed by atoms with E-state index in [1.54, 1.807) is 0 Å². The second kappa shape index (κ2) is 4.77. The molecule has 92 valence electrons. The SMILES string of the molecule is CN1CCN(C2CNCc3ccccc32)CC1. The van der Waals surface area contributed by atoms with Crippen LogP contribution in [0.3, 0.4) is 0 Å². The van der Waals surface area contributed by atoms with Crippen molar-refractivity contribution in [2.45, 2.75) is 12.6 Å². The Hall–Kier alpha value is -0.900. The normalized spacial score (nSPS) is 26.8. The van der Waals surface area contributed by atoms with Crippen molar-refractivity contribution in [2.75, 3.05) is 39.8 Å². The van der Waals surface area contributed by atoms with Gasteiger partial charge in [0.1, 0.15) is 0 Å². The summed E-state index contributed by atoms with van der Waals surface area (Å²) < 4.78 is 0. The van der Waals surface area contributed by atoms with Gasteiger partial charge in [0.2, 0.25) is 0 Å². The predicted octanol–water partition coefficient (Wildman–Crippen LogP) is 1.08. The lowest BCUT2D eigenvalue weighted by molar-refractivity contribution is 0.106. The number of rotatable bonds is 1. The number of fused-ring (bicyclic) bond motifs is 1. The van der Waals surface area contributed by atoms with Crippen LogP contribution < -0.4 is 5.32 Å². The van der Waals surface area contributed by atoms with Gasteiger partial charge in [-0.15, -0.1) is 0 Å². The van der Waals surface area contributed by atoms with Crippen LogP contribution in [0.15, 0.2) is 24.3 Å². The summed E-state index contributed by atoms with van der Waals surface area (Å²) in [6, 6.07) is 9.46. The van der Waals surface area contributed by atoms with Crippen molar-refractivity contribution in [1.29, 1.82) is 0 Å². The molecule has 3 heteroatoms. The van der Waals surface area contributed by atoms with Crippen molar-refractivity contribution < 1.29 is 0 Å². The maximum absolute atomic E-state index is 3.54. The number of hydrogen-bond acceptors (Lipinski definition) is 3. The Labute approximate surface area is 103 Å². The van der Waals surface area contributed by atoms with Gasteiger partial charge in [-0.3, -0.25) is 4.90 Å². The average molecular weight is 231 g/mol. The lowest BCUT2D eigenvalue weighted by Gasteiger charge is -2.40. The molecule has 0 saturated carbocycles. The van der Waals surface area contributed by atoms with Crippen LogP contribution in [-0.2, 0) is 6.54 Å². The van der Waals surface area contributed by atoms with Gasteiger partial charge in [0, 0.05) is 45.3 Å². The Morgan fingerprint density at radius 2 is 1.88 bits per heavy atom. The molecule has 2 aliphatic rings. The number of nitrogens with zero attached hydrogens (tertiary/aromatic N) is 2. The van der Waals surface area contributed by atoms with E-state index in [4.69, 9.17) is 0 Å². The number of likely N-dealkylation sites (N-methyl/N-ethyl adjacent to an activating group) is 1. The zero-order valence-corrected chi connectivity index (χ0v) is 10.5. The second-order valence-corrected chi connectivity index (χ2v) is 5.18. The third kappa shape index (κ3) is 2.23. The minimum atomic E-state index is 0.577. The van der Waals surface area contributed by atoms with Crippen LogP contribution in [0.25, 0.3) is 0 Å². The minimum Gasteiger partial charge on any atom is -0.311 e. The monoisotopic (exact) mass is 231 g/mol. The van der Waals surface area contributed by atoms with Gasteiger partial charge in [-0.25, -0.2) is 0 Å². The van der Waals surface area contributed by atoms with Gasteiger partial charge in [0.15, 0.2) is 0 Å². The predicted molar refractivity (Wildman–Crippen MR) is 70.0 cm³/mol. The van der Waals surface area contributed by atoms with Crippen molar-refractivity contribution in [3.63, 3.8) is 0 Å². The van der Waals surface area contributed by atoms with E-state index in [1.807, 2.05) is 0 Å². The molecule has 2 heterocycles. The first-order valence-electron chi connectivity index (χ1n) is 6.56. The van der Waals surface area contributed by atoms with Gasteiger partial charge in [-0.2, -0.15) is 0 Å². The molecule has 0 spiro atoms. The van der Waals surface area contributed by atoms with E-state index < -0.39 is 0 Å². The molecule has 1 aromatic carbocycles. The Morgan fingerprint density at radius 1 is 1.12 bits per heavy atom. The smallest absolute Gasteiger partial charge is 0.0477 e. The fraction of sp³-hybridized carbons (Fsp3) is 0.571. The highest BCUT2D eigenvalue weighted by Crippen LogP contribution is 2.27. The lowest BCUT2D eigenvalue weighted by Crippen LogP contribution is -2.49. The minimum absolute atomic E-state index is 0.577. The standard InChI is InChI=1S/C14H21N3/c1-16-6-8-17(9-7-16)14-11-15-10-12-4-2-3-5-13(12)14/h2-5,14-15H,6-11H2,1H3. The Bertz CT molecular complexity index is 383. The first-order chi connectivity index (χ1) is 8.34. The maximum atomic E-state index is 3.54. The highest BCUT2D eigenvalue weighted by Gasteiger charge is 2.27. The molecule has 1 aromatic rings. The topological polar surface area (TPSA) is 18.5 Å². The molecule has 0 aromatic heterocycles.